The zero-order chi connectivity index (χ0) is 6.53. The van der Waals surface area contributed by atoms with Gasteiger partial charge in [0.2, 0.25) is 5.11 Å². The first-order chi connectivity index (χ1) is 4.39. The van der Waals surface area contributed by atoms with Crippen molar-refractivity contribution in [3.05, 3.63) is 12.3 Å². The summed E-state index contributed by atoms with van der Waals surface area (Å²) in [6, 6.07) is 0. The van der Waals surface area contributed by atoms with Gasteiger partial charge in [0.05, 0.1) is 6.26 Å². The van der Waals surface area contributed by atoms with Gasteiger partial charge in [-0.1, -0.05) is 0 Å². The van der Waals surface area contributed by atoms with Crippen LogP contribution in [0.4, 0.5) is 0 Å². The summed E-state index contributed by atoms with van der Waals surface area (Å²) in [5.41, 5.74) is 0. The van der Waals surface area contributed by atoms with Crippen LogP contribution in [0.5, 0.6) is 0 Å². The molecule has 0 unspecified atom stereocenters. The van der Waals surface area contributed by atoms with Crippen molar-refractivity contribution in [1.29, 1.82) is 0 Å². The topological polar surface area (TPSA) is 34.0 Å². The molecule has 4 heteroatoms. The molecule has 0 fully saturated rings. The molecule has 0 bridgehead atoms. The van der Waals surface area contributed by atoms with E-state index < -0.39 is 0 Å². The number of nitrogens with zero attached hydrogens (tertiary/aromatic N) is 2. The standard InChI is InChI=1S/C5H4N2OS/c9-5-6-2-1-3-8-4-7-5/h1-4H/b3-1-,6-2-,7-4-. The van der Waals surface area contributed by atoms with Crippen LogP contribution >= 0.6 is 12.2 Å². The Morgan fingerprint density at radius 1 is 1.44 bits per heavy atom. The Kier molecular flexibility index (Phi) is 2.09. The maximum absolute atomic E-state index is 4.69. The first-order valence-electron chi connectivity index (χ1n) is 2.31. The molecule has 0 saturated heterocycles. The third-order valence-corrected chi connectivity index (χ3v) is 0.863. The van der Waals surface area contributed by atoms with E-state index in [1.165, 1.54) is 18.9 Å². The summed E-state index contributed by atoms with van der Waals surface area (Å²) in [6.07, 6.45) is 5.88. The van der Waals surface area contributed by atoms with Crippen molar-refractivity contribution in [3.63, 3.8) is 0 Å². The number of hydrogen-bond donors (Lipinski definition) is 0. The van der Waals surface area contributed by atoms with Crippen LogP contribution in [0.3, 0.4) is 0 Å². The number of ether oxygens (including phenoxy) is 1. The van der Waals surface area contributed by atoms with Gasteiger partial charge in [0, 0.05) is 6.21 Å². The highest BCUT2D eigenvalue weighted by atomic mass is 32.1. The minimum atomic E-state index is 0.277. The van der Waals surface area contributed by atoms with Crippen LogP contribution in [0.25, 0.3) is 0 Å². The molecule has 3 nitrogen and oxygen atoms in total. The molecule has 0 aromatic rings. The summed E-state index contributed by atoms with van der Waals surface area (Å²) < 4.78 is 4.69. The van der Waals surface area contributed by atoms with E-state index in [0.29, 0.717) is 0 Å². The summed E-state index contributed by atoms with van der Waals surface area (Å²) in [5, 5.41) is 0.277. The normalized spacial score (nSPS) is 27.3. The Bertz CT molecular complexity index is 195. The molecule has 0 aromatic carbocycles. The predicted octanol–water partition coefficient (Wildman–Crippen LogP) is 0.914. The van der Waals surface area contributed by atoms with Gasteiger partial charge in [-0.3, -0.25) is 0 Å². The zero-order valence-corrected chi connectivity index (χ0v) is 5.34. The lowest BCUT2D eigenvalue weighted by atomic mass is 10.7. The lowest BCUT2D eigenvalue weighted by Gasteiger charge is -1.90. The number of allylic oxidation sites excluding steroid dienone is 1. The molecule has 1 aliphatic rings. The second-order valence-corrected chi connectivity index (χ2v) is 1.63. The van der Waals surface area contributed by atoms with Gasteiger partial charge in [0.15, 0.2) is 6.40 Å². The van der Waals surface area contributed by atoms with E-state index >= 15 is 0 Å². The Morgan fingerprint density at radius 2 is 2.33 bits per heavy atom. The summed E-state index contributed by atoms with van der Waals surface area (Å²) in [4.78, 5) is 7.34. The van der Waals surface area contributed by atoms with Crippen molar-refractivity contribution >= 4 is 29.9 Å². The zero-order valence-electron chi connectivity index (χ0n) is 4.52. The summed E-state index contributed by atoms with van der Waals surface area (Å²) in [6.45, 7) is 0. The minimum Gasteiger partial charge on any atom is -0.453 e. The van der Waals surface area contributed by atoms with Gasteiger partial charge in [-0.05, 0) is 18.3 Å². The number of thiocarbonyl (C=S) groups is 1. The molecule has 9 heavy (non-hydrogen) atoms. The van der Waals surface area contributed by atoms with Crippen molar-refractivity contribution in [1.82, 2.24) is 0 Å². The summed E-state index contributed by atoms with van der Waals surface area (Å²) in [7, 11) is 0. The van der Waals surface area contributed by atoms with Crippen molar-refractivity contribution in [2.45, 2.75) is 0 Å². The van der Waals surface area contributed by atoms with E-state index in [4.69, 9.17) is 4.74 Å². The molecular weight excluding hydrogens is 136 g/mol. The van der Waals surface area contributed by atoms with E-state index in [9.17, 15) is 0 Å². The molecule has 1 rings (SSSR count). The maximum Gasteiger partial charge on any atom is 0.221 e. The Hall–Kier alpha value is -1.03. The maximum atomic E-state index is 4.69. The Labute approximate surface area is 57.8 Å². The molecule has 1 heterocycles. The molecule has 0 spiro atoms. The van der Waals surface area contributed by atoms with Crippen molar-refractivity contribution in [2.75, 3.05) is 0 Å². The molecule has 0 radical (unpaired) electrons. The average molecular weight is 140 g/mol. The van der Waals surface area contributed by atoms with Crippen molar-refractivity contribution in [2.24, 2.45) is 9.98 Å². The van der Waals surface area contributed by atoms with Gasteiger partial charge in [-0.25, -0.2) is 4.99 Å². The molecule has 0 aliphatic carbocycles. The quantitative estimate of drug-likeness (QED) is 0.469. The molecule has 0 aromatic heterocycles. The smallest absolute Gasteiger partial charge is 0.221 e. The molecule has 1 aliphatic heterocycles. The third kappa shape index (κ3) is 2.14. The molecule has 0 amide bonds. The summed E-state index contributed by atoms with van der Waals surface area (Å²) >= 11 is 4.64. The van der Waals surface area contributed by atoms with Crippen LogP contribution in [-0.2, 0) is 4.74 Å². The van der Waals surface area contributed by atoms with E-state index in [0.717, 1.165) is 0 Å². The van der Waals surface area contributed by atoms with Crippen LogP contribution in [0.2, 0.25) is 0 Å². The number of rotatable bonds is 0. The van der Waals surface area contributed by atoms with Crippen LogP contribution in [0, 0.1) is 0 Å². The lowest BCUT2D eigenvalue weighted by Crippen LogP contribution is -1.89. The van der Waals surface area contributed by atoms with E-state index in [1.807, 2.05) is 0 Å². The van der Waals surface area contributed by atoms with Crippen LogP contribution in [0.15, 0.2) is 22.3 Å². The van der Waals surface area contributed by atoms with Gasteiger partial charge < -0.3 is 4.74 Å². The average Bonchev–Trinajstić information content (AvgIpc) is 1.79. The monoisotopic (exact) mass is 140 g/mol. The number of hydrogen-bond acceptors (Lipinski definition) is 2. The van der Waals surface area contributed by atoms with E-state index in [-0.39, 0.29) is 5.11 Å². The minimum absolute atomic E-state index is 0.277. The SMILES string of the molecule is S=C1/N=C\C=C/O/C=N\1. The largest absolute Gasteiger partial charge is 0.453 e. The fourth-order valence-corrected chi connectivity index (χ4v) is 0.435. The van der Waals surface area contributed by atoms with Gasteiger partial charge >= 0.3 is 0 Å². The van der Waals surface area contributed by atoms with Crippen molar-refractivity contribution < 1.29 is 4.74 Å². The van der Waals surface area contributed by atoms with Crippen molar-refractivity contribution in [3.8, 4) is 0 Å². The third-order valence-electron chi connectivity index (χ3n) is 0.652. The van der Waals surface area contributed by atoms with Crippen LogP contribution in [0.1, 0.15) is 0 Å². The molecule has 0 N–H and O–H groups in total. The van der Waals surface area contributed by atoms with E-state index in [2.05, 4.69) is 22.2 Å². The first-order valence-corrected chi connectivity index (χ1v) is 2.71. The molecule has 0 saturated carbocycles. The first kappa shape index (κ1) is 6.10. The second-order valence-electron chi connectivity index (χ2n) is 1.26. The lowest BCUT2D eigenvalue weighted by molar-refractivity contribution is 0.495. The Balaban J connectivity index is 2.72. The highest BCUT2D eigenvalue weighted by Crippen LogP contribution is 1.85. The van der Waals surface area contributed by atoms with E-state index in [1.54, 1.807) is 6.08 Å². The molecule has 46 valence electrons. The van der Waals surface area contributed by atoms with Gasteiger partial charge in [-0.15, -0.1) is 0 Å². The molecular formula is C5H4N2OS. The van der Waals surface area contributed by atoms with Gasteiger partial charge in [0.1, 0.15) is 0 Å². The second kappa shape index (κ2) is 3.09. The predicted molar refractivity (Wildman–Crippen MR) is 39.8 cm³/mol. The number of aliphatic imine (C=N–C) groups is 2. The highest BCUT2D eigenvalue weighted by molar-refractivity contribution is 7.80. The van der Waals surface area contributed by atoms with Crippen LogP contribution < -0.4 is 0 Å². The summed E-state index contributed by atoms with van der Waals surface area (Å²) in [5.74, 6) is 0. The van der Waals surface area contributed by atoms with Gasteiger partial charge in [-0.2, -0.15) is 4.99 Å². The van der Waals surface area contributed by atoms with Gasteiger partial charge in [0.25, 0.3) is 0 Å². The highest BCUT2D eigenvalue weighted by Gasteiger charge is 1.84. The van der Waals surface area contributed by atoms with Crippen LogP contribution in [-0.4, -0.2) is 17.7 Å². The fraction of sp³-hybridized carbons (Fsp3) is 0. The molecule has 0 atom stereocenters. The Morgan fingerprint density at radius 3 is 3.22 bits per heavy atom. The fourth-order valence-electron chi connectivity index (χ4n) is 0.331.